The Morgan fingerprint density at radius 3 is 0.803 bits per heavy atom. The number of allylic oxidation sites excluding steroid dienone is 6. The fourth-order valence-electron chi connectivity index (χ4n) is 10.3. The summed E-state index contributed by atoms with van der Waals surface area (Å²) in [6, 6.07) is 0. The highest BCUT2D eigenvalue weighted by atomic mass is 16.6. The predicted molar refractivity (Wildman–Crippen MR) is 330 cm³/mol. The second-order valence-electron chi connectivity index (χ2n) is 23.1. The Labute approximate surface area is 474 Å². The highest BCUT2D eigenvalue weighted by molar-refractivity contribution is 5.71. The normalized spacial score (nSPS) is 12.2. The highest BCUT2D eigenvalue weighted by Gasteiger charge is 2.19. The number of carbonyl (C=O) groups is 3. The Kier molecular flexibility index (Phi) is 63.1. The summed E-state index contributed by atoms with van der Waals surface area (Å²) >= 11 is 0. The van der Waals surface area contributed by atoms with Crippen molar-refractivity contribution in [2.45, 2.75) is 380 Å². The number of hydrogen-bond donors (Lipinski definition) is 0. The van der Waals surface area contributed by atoms with Crippen molar-refractivity contribution >= 4 is 17.9 Å². The molecule has 6 nitrogen and oxygen atoms in total. The Balaban J connectivity index is 4.20. The van der Waals surface area contributed by atoms with Crippen LogP contribution in [0.1, 0.15) is 374 Å². The van der Waals surface area contributed by atoms with E-state index in [1.165, 1.54) is 250 Å². The van der Waals surface area contributed by atoms with Gasteiger partial charge in [0.15, 0.2) is 6.10 Å². The maximum atomic E-state index is 12.9. The van der Waals surface area contributed by atoms with E-state index in [4.69, 9.17) is 14.2 Å². The van der Waals surface area contributed by atoms with E-state index in [0.29, 0.717) is 19.3 Å². The van der Waals surface area contributed by atoms with E-state index in [0.717, 1.165) is 83.5 Å². The summed E-state index contributed by atoms with van der Waals surface area (Å²) in [5.41, 5.74) is 0. The second-order valence-corrected chi connectivity index (χ2v) is 23.1. The van der Waals surface area contributed by atoms with Gasteiger partial charge < -0.3 is 14.2 Å². The lowest BCUT2D eigenvalue weighted by molar-refractivity contribution is -0.167. The summed E-state index contributed by atoms with van der Waals surface area (Å²) in [5, 5.41) is 0. The van der Waals surface area contributed by atoms with Crippen molar-refractivity contribution in [2.24, 2.45) is 0 Å². The Bertz CT molecular complexity index is 1270. The molecule has 1 unspecified atom stereocenters. The predicted octanol–water partition coefficient (Wildman–Crippen LogP) is 23.2. The molecule has 0 heterocycles. The topological polar surface area (TPSA) is 78.9 Å². The minimum absolute atomic E-state index is 0.0759. The standard InChI is InChI=1S/C70H130O6/c1-4-7-10-13-16-19-22-25-27-29-31-32-33-34-35-36-37-38-39-41-42-45-48-51-54-57-60-63-69(72)75-66-67(65-74-68(71)62-59-56-53-50-47-44-24-21-18-15-12-9-6-3)76-70(73)64-61-58-55-52-49-46-43-40-30-28-26-23-20-17-14-11-8-5-2/h9,12,18,21,44,47,67H,4-8,10-11,13-17,19-20,22-43,45-46,48-66H2,1-3H3/b12-9-,21-18-,47-44-. The smallest absolute Gasteiger partial charge is 0.306 e. The molecular formula is C70H130O6. The maximum absolute atomic E-state index is 12.9. The number of ether oxygens (including phenoxy) is 3. The van der Waals surface area contributed by atoms with Crippen molar-refractivity contribution < 1.29 is 28.6 Å². The molecule has 76 heavy (non-hydrogen) atoms. The summed E-state index contributed by atoms with van der Waals surface area (Å²) in [4.78, 5) is 38.3. The van der Waals surface area contributed by atoms with E-state index in [9.17, 15) is 14.4 Å². The number of hydrogen-bond acceptors (Lipinski definition) is 6. The third-order valence-electron chi connectivity index (χ3n) is 15.4. The van der Waals surface area contributed by atoms with Crippen molar-refractivity contribution in [1.82, 2.24) is 0 Å². The van der Waals surface area contributed by atoms with Crippen LogP contribution in [0, 0.1) is 0 Å². The van der Waals surface area contributed by atoms with Crippen molar-refractivity contribution in [3.05, 3.63) is 36.5 Å². The van der Waals surface area contributed by atoms with E-state index in [2.05, 4.69) is 57.2 Å². The van der Waals surface area contributed by atoms with Crippen LogP contribution < -0.4 is 0 Å². The molecule has 0 aromatic heterocycles. The monoisotopic (exact) mass is 1070 g/mol. The van der Waals surface area contributed by atoms with Gasteiger partial charge in [-0.15, -0.1) is 0 Å². The van der Waals surface area contributed by atoms with E-state index in [-0.39, 0.29) is 31.1 Å². The first-order valence-electron chi connectivity index (χ1n) is 34.0. The van der Waals surface area contributed by atoms with Crippen LogP contribution in [0.25, 0.3) is 0 Å². The third kappa shape index (κ3) is 62.5. The summed E-state index contributed by atoms with van der Waals surface area (Å²) in [6.07, 6.45) is 80.4. The van der Waals surface area contributed by atoms with Crippen molar-refractivity contribution in [3.63, 3.8) is 0 Å². The van der Waals surface area contributed by atoms with Crippen LogP contribution in [-0.4, -0.2) is 37.2 Å². The van der Waals surface area contributed by atoms with Crippen LogP contribution in [0.3, 0.4) is 0 Å². The van der Waals surface area contributed by atoms with Gasteiger partial charge in [0, 0.05) is 19.3 Å². The third-order valence-corrected chi connectivity index (χ3v) is 15.4. The molecule has 0 aromatic carbocycles. The SMILES string of the molecule is CC/C=C\C/C=C\C/C=C\CCCCCC(=O)OCC(COC(=O)CCCCCCCCCCCCCCCCCCCCCCCCCCCCC)OC(=O)CCCCCCCCCCCCCCCCCCCC. The van der Waals surface area contributed by atoms with Crippen molar-refractivity contribution in [2.75, 3.05) is 13.2 Å². The van der Waals surface area contributed by atoms with Crippen LogP contribution in [0.5, 0.6) is 0 Å². The van der Waals surface area contributed by atoms with Crippen LogP contribution in [0.4, 0.5) is 0 Å². The molecule has 0 saturated carbocycles. The lowest BCUT2D eigenvalue weighted by Gasteiger charge is -2.18. The Morgan fingerprint density at radius 2 is 0.513 bits per heavy atom. The molecule has 1 atom stereocenters. The summed E-state index contributed by atoms with van der Waals surface area (Å²) in [6.45, 7) is 6.57. The molecule has 0 rings (SSSR count). The Morgan fingerprint density at radius 1 is 0.276 bits per heavy atom. The highest BCUT2D eigenvalue weighted by Crippen LogP contribution is 2.19. The van der Waals surface area contributed by atoms with Crippen molar-refractivity contribution in [3.8, 4) is 0 Å². The number of esters is 3. The molecule has 0 bridgehead atoms. The first-order chi connectivity index (χ1) is 37.5. The summed E-state index contributed by atoms with van der Waals surface area (Å²) in [5.74, 6) is -0.880. The van der Waals surface area contributed by atoms with E-state index >= 15 is 0 Å². The molecule has 0 aromatic rings. The minimum Gasteiger partial charge on any atom is -0.462 e. The molecule has 0 aliphatic rings. The second kappa shape index (κ2) is 65.2. The van der Waals surface area contributed by atoms with Gasteiger partial charge in [0.25, 0.3) is 0 Å². The van der Waals surface area contributed by atoms with Gasteiger partial charge in [0.05, 0.1) is 0 Å². The molecule has 0 amide bonds. The first-order valence-corrected chi connectivity index (χ1v) is 34.0. The van der Waals surface area contributed by atoms with Gasteiger partial charge in [-0.2, -0.15) is 0 Å². The zero-order chi connectivity index (χ0) is 55.0. The summed E-state index contributed by atoms with van der Waals surface area (Å²) in [7, 11) is 0. The number of rotatable bonds is 63. The van der Waals surface area contributed by atoms with Gasteiger partial charge >= 0.3 is 17.9 Å². The quantitative estimate of drug-likeness (QED) is 0.0261. The molecule has 0 fully saturated rings. The van der Waals surface area contributed by atoms with Crippen LogP contribution >= 0.6 is 0 Å². The van der Waals surface area contributed by atoms with E-state index < -0.39 is 6.10 Å². The summed E-state index contributed by atoms with van der Waals surface area (Å²) < 4.78 is 16.9. The molecule has 6 heteroatoms. The molecule has 0 saturated heterocycles. The molecule has 0 N–H and O–H groups in total. The van der Waals surface area contributed by atoms with Gasteiger partial charge in [0.1, 0.15) is 13.2 Å². The molecular weight excluding hydrogens is 937 g/mol. The fraction of sp³-hybridized carbons (Fsp3) is 0.871. The number of unbranched alkanes of at least 4 members (excludes halogenated alkanes) is 46. The zero-order valence-corrected chi connectivity index (χ0v) is 51.3. The van der Waals surface area contributed by atoms with Gasteiger partial charge in [-0.3, -0.25) is 14.4 Å². The fourth-order valence-corrected chi connectivity index (χ4v) is 10.3. The maximum Gasteiger partial charge on any atom is 0.306 e. The largest absolute Gasteiger partial charge is 0.462 e. The molecule has 446 valence electrons. The lowest BCUT2D eigenvalue weighted by Crippen LogP contribution is -2.30. The first kappa shape index (κ1) is 73.6. The minimum atomic E-state index is -0.781. The Hall–Kier alpha value is -2.37. The average molecular weight is 1070 g/mol. The van der Waals surface area contributed by atoms with Crippen LogP contribution in [0.2, 0.25) is 0 Å². The average Bonchev–Trinajstić information content (AvgIpc) is 3.42. The van der Waals surface area contributed by atoms with Gasteiger partial charge in [-0.25, -0.2) is 0 Å². The molecule has 0 radical (unpaired) electrons. The van der Waals surface area contributed by atoms with Crippen LogP contribution in [-0.2, 0) is 28.6 Å². The van der Waals surface area contributed by atoms with Crippen LogP contribution in [0.15, 0.2) is 36.5 Å². The zero-order valence-electron chi connectivity index (χ0n) is 51.3. The van der Waals surface area contributed by atoms with Gasteiger partial charge in [-0.1, -0.05) is 340 Å². The van der Waals surface area contributed by atoms with E-state index in [1.807, 2.05) is 0 Å². The van der Waals surface area contributed by atoms with Gasteiger partial charge in [-0.05, 0) is 51.4 Å². The van der Waals surface area contributed by atoms with E-state index in [1.54, 1.807) is 0 Å². The lowest BCUT2D eigenvalue weighted by atomic mass is 10.0. The molecule has 0 aliphatic heterocycles. The molecule has 0 spiro atoms. The molecule has 0 aliphatic carbocycles. The number of carbonyl (C=O) groups excluding carboxylic acids is 3. The van der Waals surface area contributed by atoms with Crippen molar-refractivity contribution in [1.29, 1.82) is 0 Å². The van der Waals surface area contributed by atoms with Gasteiger partial charge in [0.2, 0.25) is 0 Å².